The largest absolute Gasteiger partial charge is 0.453 e. The normalized spacial score (nSPS) is 16.6. The van der Waals surface area contributed by atoms with Crippen molar-refractivity contribution < 1.29 is 19.4 Å². The summed E-state index contributed by atoms with van der Waals surface area (Å²) in [6.45, 7) is 2.84. The van der Waals surface area contributed by atoms with Crippen LogP contribution in [0.3, 0.4) is 0 Å². The Balaban J connectivity index is 1.96. The molecule has 0 aromatic heterocycles. The number of carbonyl (C=O) groups is 1. The van der Waals surface area contributed by atoms with E-state index in [4.69, 9.17) is 9.84 Å². The molecule has 1 fully saturated rings. The monoisotopic (exact) mass is 203 g/mol. The number of carbonyl (C=O) groups excluding carboxylic acids is 1. The van der Waals surface area contributed by atoms with Crippen molar-refractivity contribution in [2.45, 2.75) is 6.42 Å². The molecule has 14 heavy (non-hydrogen) atoms. The molecule has 82 valence electrons. The van der Waals surface area contributed by atoms with E-state index in [0.29, 0.717) is 38.6 Å². The number of nitrogens with zero attached hydrogens (tertiary/aromatic N) is 1. The Bertz CT molecular complexity index is 180. The first kappa shape index (κ1) is 11.3. The summed E-state index contributed by atoms with van der Waals surface area (Å²) < 4.78 is 9.86. The van der Waals surface area contributed by atoms with Crippen LogP contribution in [0.15, 0.2) is 0 Å². The Morgan fingerprint density at radius 1 is 1.57 bits per heavy atom. The molecule has 1 aliphatic heterocycles. The van der Waals surface area contributed by atoms with E-state index in [-0.39, 0.29) is 12.7 Å². The van der Waals surface area contributed by atoms with E-state index in [1.807, 2.05) is 0 Å². The number of aliphatic hydroxyl groups excluding tert-OH is 1. The molecule has 0 aromatic rings. The molecular weight excluding hydrogens is 186 g/mol. The van der Waals surface area contributed by atoms with Crippen molar-refractivity contribution in [2.75, 3.05) is 40.0 Å². The zero-order chi connectivity index (χ0) is 10.4. The minimum atomic E-state index is -0.267. The van der Waals surface area contributed by atoms with Gasteiger partial charge >= 0.3 is 6.09 Å². The Labute approximate surface area is 83.6 Å². The number of rotatable bonds is 5. The quantitative estimate of drug-likeness (QED) is 0.643. The van der Waals surface area contributed by atoms with Gasteiger partial charge in [0.25, 0.3) is 0 Å². The van der Waals surface area contributed by atoms with Crippen molar-refractivity contribution in [2.24, 2.45) is 5.92 Å². The van der Waals surface area contributed by atoms with Crippen molar-refractivity contribution in [3.8, 4) is 0 Å². The minimum absolute atomic E-state index is 0.166. The summed E-state index contributed by atoms with van der Waals surface area (Å²) in [6.07, 6.45) is 0.407. The van der Waals surface area contributed by atoms with Gasteiger partial charge in [-0.05, 0) is 6.42 Å². The third kappa shape index (κ3) is 3.16. The van der Waals surface area contributed by atoms with Crippen LogP contribution >= 0.6 is 0 Å². The fourth-order valence-corrected chi connectivity index (χ4v) is 1.37. The van der Waals surface area contributed by atoms with Gasteiger partial charge in [-0.15, -0.1) is 0 Å². The topological polar surface area (TPSA) is 59.0 Å². The number of hydrogen-bond donors (Lipinski definition) is 1. The minimum Gasteiger partial charge on any atom is -0.453 e. The van der Waals surface area contributed by atoms with Gasteiger partial charge in [0.2, 0.25) is 0 Å². The first-order valence-electron chi connectivity index (χ1n) is 4.79. The fraction of sp³-hybridized carbons (Fsp3) is 0.889. The third-order valence-electron chi connectivity index (χ3n) is 2.19. The lowest BCUT2D eigenvalue weighted by Crippen LogP contribution is -2.51. The Morgan fingerprint density at radius 3 is 2.86 bits per heavy atom. The molecule has 5 heteroatoms. The maximum atomic E-state index is 10.9. The predicted octanol–water partition coefficient (Wildman–Crippen LogP) is 0.0836. The lowest BCUT2D eigenvalue weighted by atomic mass is 10.0. The molecule has 0 atom stereocenters. The van der Waals surface area contributed by atoms with E-state index in [9.17, 15) is 4.79 Å². The molecule has 0 spiro atoms. The van der Waals surface area contributed by atoms with Gasteiger partial charge in [0.15, 0.2) is 0 Å². The van der Waals surface area contributed by atoms with Crippen LogP contribution in [0.1, 0.15) is 6.42 Å². The Morgan fingerprint density at radius 2 is 2.29 bits per heavy atom. The zero-order valence-electron chi connectivity index (χ0n) is 8.44. The van der Waals surface area contributed by atoms with Gasteiger partial charge in [0.05, 0.1) is 13.7 Å². The molecule has 1 heterocycles. The predicted molar refractivity (Wildman–Crippen MR) is 50.0 cm³/mol. The summed E-state index contributed by atoms with van der Waals surface area (Å²) in [5, 5.41) is 8.50. The Kier molecular flexibility index (Phi) is 4.69. The molecule has 0 saturated carbocycles. The summed E-state index contributed by atoms with van der Waals surface area (Å²) >= 11 is 0. The summed E-state index contributed by atoms with van der Waals surface area (Å²) in [6, 6.07) is 0. The van der Waals surface area contributed by atoms with Gasteiger partial charge in [-0.25, -0.2) is 4.79 Å². The molecule has 0 unspecified atom stereocenters. The first-order valence-corrected chi connectivity index (χ1v) is 4.79. The molecule has 0 radical (unpaired) electrons. The molecule has 1 amide bonds. The van der Waals surface area contributed by atoms with Crippen LogP contribution in [-0.4, -0.2) is 56.1 Å². The lowest BCUT2D eigenvalue weighted by molar-refractivity contribution is 0.0116. The standard InChI is InChI=1S/C9H17NO4/c1-13-9(12)10-5-8(6-10)7-14-4-2-3-11/h8,11H,2-7H2,1H3. The molecule has 5 nitrogen and oxygen atoms in total. The van der Waals surface area contributed by atoms with Crippen LogP contribution in [-0.2, 0) is 9.47 Å². The van der Waals surface area contributed by atoms with Gasteiger partial charge < -0.3 is 19.5 Å². The van der Waals surface area contributed by atoms with Crippen molar-refractivity contribution in [1.82, 2.24) is 4.90 Å². The molecule has 1 saturated heterocycles. The smallest absolute Gasteiger partial charge is 0.409 e. The lowest BCUT2D eigenvalue weighted by Gasteiger charge is -2.37. The second kappa shape index (κ2) is 5.82. The summed E-state index contributed by atoms with van der Waals surface area (Å²) in [5.74, 6) is 0.424. The van der Waals surface area contributed by atoms with Crippen LogP contribution in [0.4, 0.5) is 4.79 Å². The number of amides is 1. The number of likely N-dealkylation sites (tertiary alicyclic amines) is 1. The molecule has 1 aliphatic rings. The van der Waals surface area contributed by atoms with E-state index in [1.54, 1.807) is 4.90 Å². The fourth-order valence-electron chi connectivity index (χ4n) is 1.37. The summed E-state index contributed by atoms with van der Waals surface area (Å²) in [5.41, 5.74) is 0. The number of aliphatic hydroxyl groups is 1. The molecule has 0 aromatic carbocycles. The van der Waals surface area contributed by atoms with Crippen molar-refractivity contribution in [3.05, 3.63) is 0 Å². The third-order valence-corrected chi connectivity index (χ3v) is 2.19. The first-order chi connectivity index (χ1) is 6.77. The number of hydrogen-bond acceptors (Lipinski definition) is 4. The van der Waals surface area contributed by atoms with Crippen LogP contribution in [0, 0.1) is 5.92 Å². The molecular formula is C9H17NO4. The van der Waals surface area contributed by atoms with Gasteiger partial charge in [-0.3, -0.25) is 0 Å². The van der Waals surface area contributed by atoms with Gasteiger partial charge in [-0.1, -0.05) is 0 Å². The van der Waals surface area contributed by atoms with E-state index < -0.39 is 0 Å². The van der Waals surface area contributed by atoms with E-state index in [2.05, 4.69) is 4.74 Å². The molecule has 0 bridgehead atoms. The molecule has 1 rings (SSSR count). The average Bonchev–Trinajstić information content (AvgIpc) is 2.14. The second-order valence-electron chi connectivity index (χ2n) is 3.39. The Hall–Kier alpha value is -0.810. The maximum absolute atomic E-state index is 10.9. The maximum Gasteiger partial charge on any atom is 0.409 e. The van der Waals surface area contributed by atoms with Crippen molar-refractivity contribution >= 4 is 6.09 Å². The van der Waals surface area contributed by atoms with E-state index in [1.165, 1.54) is 7.11 Å². The van der Waals surface area contributed by atoms with Crippen molar-refractivity contribution in [1.29, 1.82) is 0 Å². The number of methoxy groups -OCH3 is 1. The zero-order valence-corrected chi connectivity index (χ0v) is 8.44. The highest BCUT2D eigenvalue weighted by Gasteiger charge is 2.30. The SMILES string of the molecule is COC(=O)N1CC(COCCCO)C1. The van der Waals surface area contributed by atoms with Gasteiger partial charge in [0, 0.05) is 32.2 Å². The van der Waals surface area contributed by atoms with Gasteiger partial charge in [0.1, 0.15) is 0 Å². The van der Waals surface area contributed by atoms with Crippen LogP contribution < -0.4 is 0 Å². The van der Waals surface area contributed by atoms with Crippen LogP contribution in [0.2, 0.25) is 0 Å². The highest BCUT2D eigenvalue weighted by Crippen LogP contribution is 2.16. The average molecular weight is 203 g/mol. The highest BCUT2D eigenvalue weighted by molar-refractivity contribution is 5.68. The highest BCUT2D eigenvalue weighted by atomic mass is 16.5. The van der Waals surface area contributed by atoms with Gasteiger partial charge in [-0.2, -0.15) is 0 Å². The van der Waals surface area contributed by atoms with E-state index in [0.717, 1.165) is 0 Å². The van der Waals surface area contributed by atoms with Crippen LogP contribution in [0.5, 0.6) is 0 Å². The van der Waals surface area contributed by atoms with Crippen LogP contribution in [0.25, 0.3) is 0 Å². The molecule has 0 aliphatic carbocycles. The van der Waals surface area contributed by atoms with E-state index >= 15 is 0 Å². The second-order valence-corrected chi connectivity index (χ2v) is 3.39. The summed E-state index contributed by atoms with van der Waals surface area (Å²) in [7, 11) is 1.38. The number of ether oxygens (including phenoxy) is 2. The van der Waals surface area contributed by atoms with Crippen molar-refractivity contribution in [3.63, 3.8) is 0 Å². The summed E-state index contributed by atoms with van der Waals surface area (Å²) in [4.78, 5) is 12.6. The molecule has 1 N–H and O–H groups in total.